The molecule has 0 amide bonds. The summed E-state index contributed by atoms with van der Waals surface area (Å²) in [6.07, 6.45) is 2.20. The molecule has 0 atom stereocenters. The molecule has 0 saturated heterocycles. The van der Waals surface area contributed by atoms with Crippen molar-refractivity contribution in [2.24, 2.45) is 0 Å². The van der Waals surface area contributed by atoms with Gasteiger partial charge in [-0.2, -0.15) is 0 Å². The summed E-state index contributed by atoms with van der Waals surface area (Å²) in [7, 11) is 0. The zero-order valence-corrected chi connectivity index (χ0v) is 8.98. The van der Waals surface area contributed by atoms with Crippen LogP contribution >= 0.6 is 0 Å². The molecule has 0 radical (unpaired) electrons. The summed E-state index contributed by atoms with van der Waals surface area (Å²) in [6, 6.07) is 18.9. The van der Waals surface area contributed by atoms with Crippen LogP contribution in [0.4, 0.5) is 0 Å². The second-order valence-electron chi connectivity index (χ2n) is 3.98. The van der Waals surface area contributed by atoms with Crippen LogP contribution in [-0.4, -0.2) is 0 Å². The van der Waals surface area contributed by atoms with Crippen molar-refractivity contribution in [2.45, 2.75) is 6.54 Å². The Hall–Kier alpha value is -2.02. The molecule has 2 aromatic rings. The van der Waals surface area contributed by atoms with Gasteiger partial charge in [-0.25, -0.2) is 0 Å². The van der Waals surface area contributed by atoms with Crippen molar-refractivity contribution < 1.29 is 0 Å². The quantitative estimate of drug-likeness (QED) is 0.756. The van der Waals surface area contributed by atoms with Crippen LogP contribution in [0.1, 0.15) is 16.7 Å². The summed E-state index contributed by atoms with van der Waals surface area (Å²) in [5.41, 5.74) is 5.17. The molecule has 0 spiro atoms. The number of rotatable bonds is 1. The third-order valence-corrected chi connectivity index (χ3v) is 2.89. The molecule has 3 rings (SSSR count). The van der Waals surface area contributed by atoms with Crippen LogP contribution in [0, 0.1) is 0 Å². The number of hydrogen-bond donors (Lipinski definition) is 1. The highest BCUT2D eigenvalue weighted by atomic mass is 14.9. The second kappa shape index (κ2) is 3.86. The molecule has 16 heavy (non-hydrogen) atoms. The van der Waals surface area contributed by atoms with Gasteiger partial charge in [-0.3, -0.25) is 0 Å². The lowest BCUT2D eigenvalue weighted by atomic mass is 10.1. The van der Waals surface area contributed by atoms with Gasteiger partial charge in [0.25, 0.3) is 0 Å². The number of benzene rings is 2. The van der Waals surface area contributed by atoms with Crippen LogP contribution in [0.3, 0.4) is 0 Å². The zero-order chi connectivity index (χ0) is 10.8. The van der Waals surface area contributed by atoms with E-state index >= 15 is 0 Å². The first-order valence-electron chi connectivity index (χ1n) is 5.52. The monoisotopic (exact) mass is 207 g/mol. The molecule has 0 saturated carbocycles. The van der Waals surface area contributed by atoms with Gasteiger partial charge in [0.1, 0.15) is 0 Å². The second-order valence-corrected chi connectivity index (χ2v) is 3.98. The summed E-state index contributed by atoms with van der Waals surface area (Å²) in [4.78, 5) is 0. The minimum absolute atomic E-state index is 0.939. The minimum Gasteiger partial charge on any atom is -0.380 e. The Kier molecular flexibility index (Phi) is 2.22. The lowest BCUT2D eigenvalue weighted by molar-refractivity contribution is 0.947. The molecule has 1 aliphatic heterocycles. The third kappa shape index (κ3) is 1.61. The molecule has 0 fully saturated rings. The molecular weight excluding hydrogens is 194 g/mol. The fraction of sp³-hybridized carbons (Fsp3) is 0.0667. The Morgan fingerprint density at radius 2 is 1.62 bits per heavy atom. The Bertz CT molecular complexity index is 526. The van der Waals surface area contributed by atoms with Crippen LogP contribution in [0.15, 0.2) is 54.6 Å². The Morgan fingerprint density at radius 1 is 0.875 bits per heavy atom. The predicted molar refractivity (Wildman–Crippen MR) is 67.6 cm³/mol. The molecule has 1 N–H and O–H groups in total. The third-order valence-electron chi connectivity index (χ3n) is 2.89. The molecule has 0 unspecified atom stereocenters. The summed E-state index contributed by atoms with van der Waals surface area (Å²) in [5, 5.41) is 3.43. The first-order valence-corrected chi connectivity index (χ1v) is 5.52. The van der Waals surface area contributed by atoms with E-state index in [4.69, 9.17) is 0 Å². The molecule has 2 aromatic carbocycles. The van der Waals surface area contributed by atoms with Gasteiger partial charge in [0.15, 0.2) is 0 Å². The van der Waals surface area contributed by atoms with Crippen molar-refractivity contribution >= 4 is 11.8 Å². The van der Waals surface area contributed by atoms with Gasteiger partial charge in [0.2, 0.25) is 0 Å². The van der Waals surface area contributed by atoms with Crippen LogP contribution < -0.4 is 5.32 Å². The van der Waals surface area contributed by atoms with Gasteiger partial charge < -0.3 is 5.32 Å². The number of fused-ring (bicyclic) bond motifs is 1. The average molecular weight is 207 g/mol. The lowest BCUT2D eigenvalue weighted by Gasteiger charge is -2.00. The summed E-state index contributed by atoms with van der Waals surface area (Å²) < 4.78 is 0. The highest BCUT2D eigenvalue weighted by Gasteiger charge is 2.13. The van der Waals surface area contributed by atoms with E-state index in [1.165, 1.54) is 22.4 Å². The maximum Gasteiger partial charge on any atom is 0.0425 e. The summed E-state index contributed by atoms with van der Waals surface area (Å²) >= 11 is 0. The maximum atomic E-state index is 3.43. The van der Waals surface area contributed by atoms with Crippen LogP contribution in [0.25, 0.3) is 11.8 Å². The Balaban J connectivity index is 2.02. The fourth-order valence-corrected chi connectivity index (χ4v) is 2.07. The molecule has 0 aliphatic carbocycles. The van der Waals surface area contributed by atoms with Crippen molar-refractivity contribution in [3.63, 3.8) is 0 Å². The number of nitrogens with one attached hydrogen (secondary N) is 1. The molecule has 0 aromatic heterocycles. The molecular formula is C15H13N. The normalized spacial score (nSPS) is 15.9. The van der Waals surface area contributed by atoms with Crippen molar-refractivity contribution in [1.82, 2.24) is 5.32 Å². The molecule has 1 aliphatic rings. The lowest BCUT2D eigenvalue weighted by Crippen LogP contribution is -2.00. The van der Waals surface area contributed by atoms with Gasteiger partial charge in [-0.05, 0) is 17.2 Å². The Labute approximate surface area is 95.4 Å². The highest BCUT2D eigenvalue weighted by molar-refractivity contribution is 5.83. The van der Waals surface area contributed by atoms with Gasteiger partial charge in [-0.15, -0.1) is 0 Å². The van der Waals surface area contributed by atoms with Crippen LogP contribution in [-0.2, 0) is 6.54 Å². The van der Waals surface area contributed by atoms with E-state index in [-0.39, 0.29) is 0 Å². The molecule has 1 heterocycles. The van der Waals surface area contributed by atoms with Crippen LogP contribution in [0.5, 0.6) is 0 Å². The van der Waals surface area contributed by atoms with Crippen LogP contribution in [0.2, 0.25) is 0 Å². The van der Waals surface area contributed by atoms with E-state index < -0.39 is 0 Å². The number of hydrogen-bond acceptors (Lipinski definition) is 1. The van der Waals surface area contributed by atoms with Gasteiger partial charge in [0.05, 0.1) is 0 Å². The van der Waals surface area contributed by atoms with Crippen molar-refractivity contribution in [1.29, 1.82) is 0 Å². The topological polar surface area (TPSA) is 12.0 Å². The van der Waals surface area contributed by atoms with Gasteiger partial charge in [0, 0.05) is 17.8 Å². The minimum atomic E-state index is 0.939. The first kappa shape index (κ1) is 9.22. The largest absolute Gasteiger partial charge is 0.380 e. The SMILES string of the molecule is C(=C1NCc2ccccc21)c1ccccc1. The maximum absolute atomic E-state index is 3.43. The fourth-order valence-electron chi connectivity index (χ4n) is 2.07. The molecule has 1 heteroatoms. The summed E-state index contributed by atoms with van der Waals surface area (Å²) in [6.45, 7) is 0.939. The van der Waals surface area contributed by atoms with Crippen molar-refractivity contribution in [3.8, 4) is 0 Å². The van der Waals surface area contributed by atoms with E-state index in [0.29, 0.717) is 0 Å². The van der Waals surface area contributed by atoms with Gasteiger partial charge in [-0.1, -0.05) is 54.6 Å². The standard InChI is InChI=1S/C15H13N/c1-2-6-12(7-3-1)10-15-14-9-5-4-8-13(14)11-16-15/h1-10,16H,11H2. The molecule has 0 bridgehead atoms. The molecule has 1 nitrogen and oxygen atoms in total. The van der Waals surface area contributed by atoms with E-state index in [1.807, 2.05) is 6.07 Å². The van der Waals surface area contributed by atoms with Crippen molar-refractivity contribution in [3.05, 3.63) is 71.3 Å². The van der Waals surface area contributed by atoms with E-state index in [0.717, 1.165) is 6.54 Å². The van der Waals surface area contributed by atoms with E-state index in [1.54, 1.807) is 0 Å². The van der Waals surface area contributed by atoms with E-state index in [9.17, 15) is 0 Å². The average Bonchev–Trinajstić information content (AvgIpc) is 2.74. The smallest absolute Gasteiger partial charge is 0.0425 e. The van der Waals surface area contributed by atoms with E-state index in [2.05, 4.69) is 59.9 Å². The zero-order valence-electron chi connectivity index (χ0n) is 8.98. The summed E-state index contributed by atoms with van der Waals surface area (Å²) in [5.74, 6) is 0. The molecule has 78 valence electrons. The van der Waals surface area contributed by atoms with Crippen molar-refractivity contribution in [2.75, 3.05) is 0 Å². The highest BCUT2D eigenvalue weighted by Crippen LogP contribution is 2.25. The first-order chi connectivity index (χ1) is 7.93. The predicted octanol–water partition coefficient (Wildman–Crippen LogP) is 3.29. The van der Waals surface area contributed by atoms with Gasteiger partial charge >= 0.3 is 0 Å². The Morgan fingerprint density at radius 3 is 2.50 bits per heavy atom.